The summed E-state index contributed by atoms with van der Waals surface area (Å²) in [5.74, 6) is 0.167. The molecule has 5 N–H and O–H groups in total. The van der Waals surface area contributed by atoms with Crippen molar-refractivity contribution in [3.63, 3.8) is 0 Å². The number of nitriles is 2. The molecule has 0 saturated carbocycles. The zero-order valence-electron chi connectivity index (χ0n) is 55.1. The van der Waals surface area contributed by atoms with Gasteiger partial charge in [0.15, 0.2) is 15.0 Å². The molecule has 0 unspecified atom stereocenters. The average Bonchev–Trinajstić information content (AvgIpc) is 1.60. The van der Waals surface area contributed by atoms with Crippen LogP contribution in [0.3, 0.4) is 0 Å². The van der Waals surface area contributed by atoms with Gasteiger partial charge in [0.25, 0.3) is 0 Å². The minimum Gasteiger partial charge on any atom is -0.398 e. The van der Waals surface area contributed by atoms with Crippen molar-refractivity contribution in [1.29, 1.82) is 10.5 Å². The number of carbonyl (C=O) groups is 1. The summed E-state index contributed by atoms with van der Waals surface area (Å²) < 4.78 is 15.6. The van der Waals surface area contributed by atoms with Crippen molar-refractivity contribution in [1.82, 2.24) is 64.8 Å². The molecule has 1 saturated heterocycles. The Balaban J connectivity index is 0.000000199. The fraction of sp³-hybridized carbons (Fsp3) is 0.415. The lowest BCUT2D eigenvalue weighted by molar-refractivity contribution is -0.115. The Hall–Kier alpha value is -7.96. The summed E-state index contributed by atoms with van der Waals surface area (Å²) in [5.41, 5.74) is 8.15. The van der Waals surface area contributed by atoms with E-state index in [0.717, 1.165) is 91.8 Å². The first-order valence-corrected chi connectivity index (χ1v) is 32.9. The van der Waals surface area contributed by atoms with Crippen LogP contribution in [0.15, 0.2) is 85.6 Å². The van der Waals surface area contributed by atoms with E-state index >= 15 is 0 Å². The predicted octanol–water partition coefficient (Wildman–Crippen LogP) is 13.4. The minimum absolute atomic E-state index is 0. The summed E-state index contributed by atoms with van der Waals surface area (Å²) in [6, 6.07) is 21.9. The van der Waals surface area contributed by atoms with Crippen molar-refractivity contribution in [2.24, 2.45) is 0 Å². The lowest BCUT2D eigenvalue weighted by Gasteiger charge is -2.32. The smallest absolute Gasteiger partial charge is 0.398 e. The molecule has 94 heavy (non-hydrogen) atoms. The third-order valence-electron chi connectivity index (χ3n) is 13.3. The van der Waals surface area contributed by atoms with E-state index in [0.29, 0.717) is 40.3 Å². The Labute approximate surface area is 571 Å². The molecular weight excluding hydrogens is 1290 g/mol. The minimum atomic E-state index is -0.841. The second-order valence-corrected chi connectivity index (χ2v) is 29.2. The van der Waals surface area contributed by atoms with Gasteiger partial charge in [-0.25, -0.2) is 19.0 Å². The number of aromatic nitrogens is 13. The highest BCUT2D eigenvalue weighted by molar-refractivity contribution is 7.15. The van der Waals surface area contributed by atoms with E-state index in [9.17, 15) is 15.0 Å². The third kappa shape index (κ3) is 20.8. The first kappa shape index (κ1) is 75.1. The van der Waals surface area contributed by atoms with Crippen molar-refractivity contribution in [3.05, 3.63) is 122 Å². The molecule has 23 nitrogen and oxygen atoms in total. The summed E-state index contributed by atoms with van der Waals surface area (Å²) in [7, 11) is -0.456. The number of nitrogens with zero attached hydrogens (tertiary/aromatic N) is 15. The van der Waals surface area contributed by atoms with Gasteiger partial charge >= 0.3 is 7.12 Å². The molecule has 0 atom stereocenters. The average molecular weight is 1370 g/mol. The van der Waals surface area contributed by atoms with Gasteiger partial charge in [0, 0.05) is 66.6 Å². The van der Waals surface area contributed by atoms with E-state index in [-0.39, 0.29) is 36.5 Å². The quantitative estimate of drug-likeness (QED) is 0.0470. The molecule has 1 aliphatic rings. The number of hydrogen-bond acceptors (Lipinski definition) is 24. The summed E-state index contributed by atoms with van der Waals surface area (Å²) >= 11 is 16.3. The highest BCUT2D eigenvalue weighted by atomic mass is 35.5. The van der Waals surface area contributed by atoms with Crippen molar-refractivity contribution in [3.8, 4) is 55.2 Å². The summed E-state index contributed by atoms with van der Waals surface area (Å²) in [4.78, 5) is 22.3. The van der Waals surface area contributed by atoms with E-state index < -0.39 is 18.3 Å². The number of aryl methyl sites for hydroxylation is 1. The van der Waals surface area contributed by atoms with E-state index in [1.165, 1.54) is 36.5 Å². The number of anilines is 3. The normalized spacial score (nSPS) is 13.1. The number of halogens is 2. The molecule has 1 aliphatic heterocycles. The molecule has 0 aromatic carbocycles. The number of hydrogen-bond donors (Lipinski definition) is 5. The van der Waals surface area contributed by atoms with Crippen LogP contribution < -0.4 is 21.5 Å². The number of aliphatic hydroxyl groups is 2. The SMILES string of the molecule is C.CC(C)=O.CC(C)Nc1cc(-c2ccc3cc(C#N)cnn23)ncc1-c1nnc(CC(C)(C)O)s1.CC(C)Nc1cc(Cl)ncc1-c1nnc(CC(C)(C)O)s1.CC1(C)OB(c2ccc3cc(C#N)cnn23)OC1(C)C.Cc1nnc(-c2cnc(Cl)cc2NC(C)C)s1. The van der Waals surface area contributed by atoms with Gasteiger partial charge in [-0.2, -0.15) is 20.7 Å². The monoisotopic (exact) mass is 1370 g/mol. The molecule has 11 heterocycles. The standard InChI is InChI=1S/C22H23N7OS.C14H16BN3O2.C14H19ClN4OS.C11H13ClN4S.C3H6O.CH4/c1-13(2)26-17-8-18(19-6-5-15-7-14(10-23)11-25-29(15)19)24-12-16(17)21-28-27-20(31-21)9-22(3,4)30;1-13(2)14(3,4)20-15(19-13)12-6-5-11-7-10(8-16)9-17-18(11)12;1-8(2)17-10-5-11(15)16-7-9(10)13-19-18-12(21-13)6-14(3,4)20;1-6(2)14-9-4-10(12)13-5-8(9)11-16-15-7(3)17-11;1-3(2)4;/h5-8,11-13,30H,9H2,1-4H3,(H,24,26);5-7,9H,1-4H3;5,7-8,20H,6H2,1-4H3,(H,16,17);4-6H,1-3H3,(H,13,14);1-2H3;1H4. The summed E-state index contributed by atoms with van der Waals surface area (Å²) in [5, 5.41) is 87.6. The summed E-state index contributed by atoms with van der Waals surface area (Å²) in [6.07, 6.45) is 9.21. The van der Waals surface area contributed by atoms with Gasteiger partial charge in [-0.05, 0) is 172 Å². The molecule has 1 fully saturated rings. The zero-order chi connectivity index (χ0) is 68.3. The molecule has 0 radical (unpaired) electrons. The molecular formula is C65H81BCl2N18O5S3. The predicted molar refractivity (Wildman–Crippen MR) is 378 cm³/mol. The van der Waals surface area contributed by atoms with Gasteiger partial charge in [-0.1, -0.05) is 64.6 Å². The van der Waals surface area contributed by atoms with Gasteiger partial charge in [0.1, 0.15) is 43.3 Å². The number of carbonyl (C=O) groups excluding carboxylic acids is 1. The van der Waals surface area contributed by atoms with Crippen LogP contribution in [-0.2, 0) is 26.9 Å². The first-order valence-electron chi connectivity index (χ1n) is 29.7. The number of nitrogens with one attached hydrogen (secondary N) is 3. The second-order valence-electron chi connectivity index (χ2n) is 25.1. The van der Waals surface area contributed by atoms with Crippen LogP contribution in [-0.4, -0.2) is 128 Å². The Kier molecular flexibility index (Phi) is 25.5. The number of Topliss-reactive ketones (excluding diaryl/α,β-unsaturated/α-hetero) is 1. The van der Waals surface area contributed by atoms with Crippen LogP contribution in [0.1, 0.15) is 144 Å². The Morgan fingerprint density at radius 3 is 1.41 bits per heavy atom. The van der Waals surface area contributed by atoms with Crippen LogP contribution in [0.2, 0.25) is 10.3 Å². The number of fused-ring (bicyclic) bond motifs is 2. The van der Waals surface area contributed by atoms with Crippen LogP contribution in [0.4, 0.5) is 17.1 Å². The van der Waals surface area contributed by atoms with Crippen LogP contribution in [0.5, 0.6) is 0 Å². The number of pyridine rings is 3. The molecule has 496 valence electrons. The lowest BCUT2D eigenvalue weighted by atomic mass is 9.85. The molecule has 0 bridgehead atoms. The van der Waals surface area contributed by atoms with Crippen LogP contribution in [0, 0.1) is 29.6 Å². The van der Waals surface area contributed by atoms with Gasteiger partial charge in [-0.15, -0.1) is 30.6 Å². The Morgan fingerprint density at radius 1 is 0.606 bits per heavy atom. The van der Waals surface area contributed by atoms with Gasteiger partial charge in [0.2, 0.25) is 0 Å². The fourth-order valence-corrected chi connectivity index (χ4v) is 11.9. The summed E-state index contributed by atoms with van der Waals surface area (Å²) in [6.45, 7) is 32.5. The first-order chi connectivity index (χ1) is 43.6. The molecule has 10 aromatic rings. The van der Waals surface area contributed by atoms with Crippen molar-refractivity contribution in [2.75, 3.05) is 16.0 Å². The van der Waals surface area contributed by atoms with Crippen LogP contribution >= 0.6 is 57.2 Å². The molecule has 10 aromatic heterocycles. The van der Waals surface area contributed by atoms with Gasteiger partial charge in [-0.3, -0.25) is 4.98 Å². The van der Waals surface area contributed by atoms with E-state index in [1.54, 1.807) is 97.2 Å². The Bertz CT molecular complexity index is 4270. The lowest BCUT2D eigenvalue weighted by Crippen LogP contribution is -2.41. The maximum absolute atomic E-state index is 10.1. The van der Waals surface area contributed by atoms with E-state index in [1.807, 2.05) is 71.0 Å². The largest absolute Gasteiger partial charge is 0.514 e. The molecule has 29 heteroatoms. The van der Waals surface area contributed by atoms with Crippen molar-refractivity contribution >= 4 is 104 Å². The Morgan fingerprint density at radius 2 is 1.00 bits per heavy atom. The number of ketones is 1. The molecule has 11 rings (SSSR count). The zero-order valence-corrected chi connectivity index (χ0v) is 59.1. The topological polar surface area (TPSA) is 310 Å². The van der Waals surface area contributed by atoms with E-state index in [2.05, 4.69) is 125 Å². The van der Waals surface area contributed by atoms with Crippen LogP contribution in [0.25, 0.3) is 54.1 Å². The van der Waals surface area contributed by atoms with Gasteiger partial charge in [0.05, 0.1) is 90.6 Å². The number of rotatable bonds is 15. The van der Waals surface area contributed by atoms with E-state index in [4.69, 9.17) is 43.0 Å². The molecule has 0 spiro atoms. The second kappa shape index (κ2) is 32.0. The van der Waals surface area contributed by atoms with Crippen molar-refractivity contribution in [2.45, 2.75) is 179 Å². The molecule has 0 amide bonds. The third-order valence-corrected chi connectivity index (χ3v) is 16.5. The highest BCUT2D eigenvalue weighted by Gasteiger charge is 2.52. The van der Waals surface area contributed by atoms with Gasteiger partial charge < -0.3 is 40.3 Å². The molecule has 0 aliphatic carbocycles. The maximum atomic E-state index is 10.1. The van der Waals surface area contributed by atoms with Crippen molar-refractivity contribution < 1.29 is 24.3 Å². The maximum Gasteiger partial charge on any atom is 0.514 e. The fourth-order valence-electron chi connectivity index (χ4n) is 8.75. The highest BCUT2D eigenvalue weighted by Crippen LogP contribution is 2.38.